The molecule has 2 rings (SSSR count). The van der Waals surface area contributed by atoms with E-state index in [0.29, 0.717) is 37.1 Å². The van der Waals surface area contributed by atoms with Crippen LogP contribution in [0.1, 0.15) is 42.9 Å². The van der Waals surface area contributed by atoms with Crippen molar-refractivity contribution in [3.8, 4) is 0 Å². The highest BCUT2D eigenvalue weighted by Crippen LogP contribution is 2.26. The van der Waals surface area contributed by atoms with E-state index in [2.05, 4.69) is 20.7 Å². The fourth-order valence-electron chi connectivity index (χ4n) is 3.16. The Morgan fingerprint density at radius 3 is 2.53 bits per heavy atom. The van der Waals surface area contributed by atoms with Crippen molar-refractivity contribution in [2.45, 2.75) is 43.6 Å². The molecule has 0 radical (unpaired) electrons. The topological polar surface area (TPSA) is 150 Å². The second-order valence-electron chi connectivity index (χ2n) is 7.68. The lowest BCUT2D eigenvalue weighted by Crippen LogP contribution is -2.26. The molecule has 0 aliphatic rings. The quantitative estimate of drug-likeness (QED) is 0.193. The summed E-state index contributed by atoms with van der Waals surface area (Å²) in [4.78, 5) is 27.0. The molecule has 0 heterocycles. The Morgan fingerprint density at radius 2 is 1.85 bits per heavy atom. The van der Waals surface area contributed by atoms with Gasteiger partial charge in [-0.1, -0.05) is 41.4 Å². The normalized spacial score (nSPS) is 11.7. The molecule has 10 nitrogen and oxygen atoms in total. The van der Waals surface area contributed by atoms with Gasteiger partial charge in [0.05, 0.1) is 10.6 Å². The number of nitrogens with one attached hydrogen (secondary N) is 2. The van der Waals surface area contributed by atoms with Gasteiger partial charge in [0.15, 0.2) is 9.84 Å². The van der Waals surface area contributed by atoms with Crippen molar-refractivity contribution >= 4 is 27.5 Å². The zero-order valence-electron chi connectivity index (χ0n) is 19.2. The number of hydrogen-bond acceptors (Lipinski definition) is 6. The third-order valence-corrected chi connectivity index (χ3v) is 6.70. The molecule has 0 spiro atoms. The van der Waals surface area contributed by atoms with Gasteiger partial charge in [-0.05, 0) is 55.1 Å². The molecule has 0 aliphatic heterocycles. The molecule has 0 aliphatic carbocycles. The Bertz CT molecular complexity index is 1130. The van der Waals surface area contributed by atoms with Crippen molar-refractivity contribution in [2.75, 3.05) is 24.7 Å². The highest BCUT2D eigenvalue weighted by molar-refractivity contribution is 7.91. The number of nitrogens with zero attached hydrogens (tertiary/aromatic N) is 3. The van der Waals surface area contributed by atoms with E-state index in [9.17, 15) is 18.0 Å². The van der Waals surface area contributed by atoms with E-state index >= 15 is 0 Å². The lowest BCUT2D eigenvalue weighted by atomic mass is 10.1. The minimum Gasteiger partial charge on any atom is -0.440 e. The number of unbranched alkanes of at least 4 members (excludes halogenated alkanes) is 2. The molecule has 2 N–H and O–H groups in total. The molecule has 182 valence electrons. The third-order valence-electron chi connectivity index (χ3n) is 4.97. The minimum absolute atomic E-state index is 0.133. The first-order chi connectivity index (χ1) is 16.2. The van der Waals surface area contributed by atoms with E-state index in [0.717, 1.165) is 12.0 Å². The van der Waals surface area contributed by atoms with Gasteiger partial charge < -0.3 is 15.4 Å². The minimum atomic E-state index is -3.76. The highest BCUT2D eigenvalue weighted by Gasteiger charge is 2.26. The molecule has 11 heteroatoms. The number of ether oxygens (including phenoxy) is 1. The maximum atomic E-state index is 13.0. The van der Waals surface area contributed by atoms with Crippen molar-refractivity contribution in [1.29, 1.82) is 0 Å². The van der Waals surface area contributed by atoms with E-state index in [1.165, 1.54) is 19.2 Å². The zero-order valence-corrected chi connectivity index (χ0v) is 20.0. The van der Waals surface area contributed by atoms with Crippen LogP contribution in [0.3, 0.4) is 0 Å². The monoisotopic (exact) mass is 487 g/mol. The smallest absolute Gasteiger partial charge is 0.407 e. The summed E-state index contributed by atoms with van der Waals surface area (Å²) in [5, 5.41) is 8.57. The molecule has 1 unspecified atom stereocenters. The molecule has 34 heavy (non-hydrogen) atoms. The SMILES string of the molecule is CNC(=O)OC(CS(=O)(=O)c1ccc(C)cc1)c1cccc(NC(=O)CCCCCN=[N+]=[N-])c1. The van der Waals surface area contributed by atoms with Crippen LogP contribution in [0.15, 0.2) is 58.5 Å². The van der Waals surface area contributed by atoms with Crippen molar-refractivity contribution in [2.24, 2.45) is 5.11 Å². The molecular formula is C23H29N5O5S. The van der Waals surface area contributed by atoms with Gasteiger partial charge in [0.2, 0.25) is 5.91 Å². The van der Waals surface area contributed by atoms with Crippen LogP contribution in [0.5, 0.6) is 0 Å². The van der Waals surface area contributed by atoms with E-state index in [1.54, 1.807) is 36.4 Å². The van der Waals surface area contributed by atoms with Gasteiger partial charge in [-0.3, -0.25) is 4.79 Å². The number of hydrogen-bond donors (Lipinski definition) is 2. The molecule has 1 atom stereocenters. The summed E-state index contributed by atoms with van der Waals surface area (Å²) >= 11 is 0. The highest BCUT2D eigenvalue weighted by atomic mass is 32.2. The first-order valence-electron chi connectivity index (χ1n) is 10.8. The second-order valence-corrected chi connectivity index (χ2v) is 9.71. The summed E-state index contributed by atoms with van der Waals surface area (Å²) in [6.07, 6.45) is 0.555. The van der Waals surface area contributed by atoms with Gasteiger partial charge >= 0.3 is 6.09 Å². The first-order valence-corrected chi connectivity index (χ1v) is 12.5. The van der Waals surface area contributed by atoms with Crippen LogP contribution in [0.4, 0.5) is 10.5 Å². The summed E-state index contributed by atoms with van der Waals surface area (Å²) in [6, 6.07) is 13.0. The number of aryl methyl sites for hydroxylation is 1. The van der Waals surface area contributed by atoms with Crippen molar-refractivity contribution in [3.05, 3.63) is 70.1 Å². The Hall–Kier alpha value is -3.56. The van der Waals surface area contributed by atoms with Gasteiger partial charge in [0, 0.05) is 30.6 Å². The van der Waals surface area contributed by atoms with E-state index in [-0.39, 0.29) is 10.8 Å². The Balaban J connectivity index is 2.12. The standard InChI is InChI=1S/C23H29N5O5S/c1-17-10-12-20(13-11-17)34(31,32)16-21(33-23(30)25-2)18-7-6-8-19(15-18)27-22(29)9-4-3-5-14-26-28-24/h6-8,10-13,15,21H,3-5,9,14,16H2,1-2H3,(H,25,30)(H,27,29). The maximum absolute atomic E-state index is 13.0. The van der Waals surface area contributed by atoms with Crippen LogP contribution in [-0.4, -0.2) is 39.8 Å². The number of sulfone groups is 1. The molecule has 0 bridgehead atoms. The van der Waals surface area contributed by atoms with E-state index < -0.39 is 27.8 Å². The van der Waals surface area contributed by atoms with Crippen molar-refractivity contribution in [1.82, 2.24) is 5.32 Å². The molecule has 0 fully saturated rings. The van der Waals surface area contributed by atoms with Gasteiger partial charge in [-0.2, -0.15) is 0 Å². The number of azide groups is 1. The zero-order chi connectivity index (χ0) is 25.0. The molecule has 2 aromatic carbocycles. The summed E-state index contributed by atoms with van der Waals surface area (Å²) in [5.41, 5.74) is 10.1. The fourth-order valence-corrected chi connectivity index (χ4v) is 4.56. The largest absolute Gasteiger partial charge is 0.440 e. The van der Waals surface area contributed by atoms with E-state index in [4.69, 9.17) is 10.3 Å². The number of carbonyl (C=O) groups is 2. The maximum Gasteiger partial charge on any atom is 0.407 e. The second kappa shape index (κ2) is 13.2. The third kappa shape index (κ3) is 8.76. The Labute approximate surface area is 199 Å². The predicted octanol–water partition coefficient (Wildman–Crippen LogP) is 4.68. The van der Waals surface area contributed by atoms with E-state index in [1.807, 2.05) is 6.92 Å². The first kappa shape index (κ1) is 26.7. The van der Waals surface area contributed by atoms with Crippen molar-refractivity contribution < 1.29 is 22.7 Å². The van der Waals surface area contributed by atoms with Crippen LogP contribution in [0.2, 0.25) is 0 Å². The Kier molecular flexibility index (Phi) is 10.4. The lowest BCUT2D eigenvalue weighted by Gasteiger charge is -2.19. The molecule has 0 saturated carbocycles. The average Bonchev–Trinajstić information content (AvgIpc) is 2.81. The van der Waals surface area contributed by atoms with Gasteiger partial charge in [0.1, 0.15) is 6.10 Å². The predicted molar refractivity (Wildman–Crippen MR) is 129 cm³/mol. The fraction of sp³-hybridized carbons (Fsp3) is 0.391. The van der Waals surface area contributed by atoms with Crippen LogP contribution >= 0.6 is 0 Å². The number of rotatable bonds is 12. The number of benzene rings is 2. The van der Waals surface area contributed by atoms with Gasteiger partial charge in [-0.15, -0.1) is 0 Å². The summed E-state index contributed by atoms with van der Waals surface area (Å²) in [7, 11) is -2.37. The van der Waals surface area contributed by atoms with Gasteiger partial charge in [-0.25, -0.2) is 13.2 Å². The molecular weight excluding hydrogens is 458 g/mol. The molecule has 2 amide bonds. The summed E-state index contributed by atoms with van der Waals surface area (Å²) < 4.78 is 31.3. The van der Waals surface area contributed by atoms with Gasteiger partial charge in [0.25, 0.3) is 0 Å². The lowest BCUT2D eigenvalue weighted by molar-refractivity contribution is -0.116. The van der Waals surface area contributed by atoms with Crippen LogP contribution < -0.4 is 10.6 Å². The Morgan fingerprint density at radius 1 is 1.12 bits per heavy atom. The van der Waals surface area contributed by atoms with Crippen LogP contribution in [-0.2, 0) is 19.4 Å². The number of anilines is 1. The molecule has 2 aromatic rings. The van der Waals surface area contributed by atoms with Crippen LogP contribution in [0.25, 0.3) is 10.4 Å². The molecule has 0 saturated heterocycles. The average molecular weight is 488 g/mol. The van der Waals surface area contributed by atoms with Crippen LogP contribution in [0, 0.1) is 6.92 Å². The summed E-state index contributed by atoms with van der Waals surface area (Å²) in [6.45, 7) is 2.26. The molecule has 0 aromatic heterocycles. The number of carbonyl (C=O) groups excluding carboxylic acids is 2. The number of amides is 2. The summed E-state index contributed by atoms with van der Waals surface area (Å²) in [5.74, 6) is -0.650. The van der Waals surface area contributed by atoms with Crippen molar-refractivity contribution in [3.63, 3.8) is 0 Å². The number of alkyl carbamates (subject to hydrolysis) is 1.